The summed E-state index contributed by atoms with van der Waals surface area (Å²) in [6.45, 7) is 3.90. The van der Waals surface area contributed by atoms with Crippen molar-refractivity contribution in [3.8, 4) is 17.0 Å². The Morgan fingerprint density at radius 2 is 1.97 bits per heavy atom. The van der Waals surface area contributed by atoms with Gasteiger partial charge in [0.25, 0.3) is 0 Å². The molecule has 0 spiro atoms. The lowest BCUT2D eigenvalue weighted by atomic mass is 10.1. The van der Waals surface area contributed by atoms with E-state index in [2.05, 4.69) is 66.6 Å². The number of hydrogen-bond acceptors (Lipinski definition) is 7. The van der Waals surface area contributed by atoms with E-state index in [9.17, 15) is 4.79 Å². The molecule has 0 radical (unpaired) electrons. The predicted molar refractivity (Wildman–Crippen MR) is 149 cm³/mol. The highest BCUT2D eigenvalue weighted by Gasteiger charge is 2.30. The molecule has 2 aliphatic rings. The van der Waals surface area contributed by atoms with E-state index in [1.807, 2.05) is 24.3 Å². The molecule has 0 saturated carbocycles. The van der Waals surface area contributed by atoms with Crippen LogP contribution in [0.4, 0.5) is 11.6 Å². The van der Waals surface area contributed by atoms with Gasteiger partial charge < -0.3 is 20.3 Å². The van der Waals surface area contributed by atoms with Crippen molar-refractivity contribution >= 4 is 33.5 Å². The Morgan fingerprint density at radius 1 is 1.08 bits per heavy atom. The molecule has 1 atom stereocenters. The molecule has 1 amide bonds. The maximum Gasteiger partial charge on any atom is 0.237 e. The molecular formula is C28H33BrN6O2. The van der Waals surface area contributed by atoms with Crippen molar-refractivity contribution in [3.63, 3.8) is 0 Å². The third kappa shape index (κ3) is 6.29. The average molecular weight is 566 g/mol. The van der Waals surface area contributed by atoms with Gasteiger partial charge in [-0.15, -0.1) is 0 Å². The van der Waals surface area contributed by atoms with Crippen molar-refractivity contribution in [2.75, 3.05) is 39.1 Å². The standard InChI is InChI=1S/C28H33BrN6O2/c1-34-11-4-9-30-27(36)25-5-3-12-35(25)17-19-13-22(29)16-23(14-19)32-28-31-10-8-24(33-28)20-6-7-26(37-2)21(15-20)18-34/h6-8,10,13-16,25H,3-5,9,11-12,17-18H2,1-2H3,(H,30,36)(H,31,32,33)/t25-/m0/s1. The van der Waals surface area contributed by atoms with Crippen LogP contribution in [0.2, 0.25) is 0 Å². The quantitative estimate of drug-likeness (QED) is 0.447. The molecule has 2 aromatic carbocycles. The molecule has 1 aromatic heterocycles. The van der Waals surface area contributed by atoms with Gasteiger partial charge >= 0.3 is 0 Å². The van der Waals surface area contributed by atoms with Crippen LogP contribution in [0.1, 0.15) is 30.4 Å². The Labute approximate surface area is 226 Å². The maximum atomic E-state index is 13.0. The first-order valence-corrected chi connectivity index (χ1v) is 13.5. The van der Waals surface area contributed by atoms with Gasteiger partial charge in [0.1, 0.15) is 5.75 Å². The number of methoxy groups -OCH3 is 1. The number of amides is 1. The number of benzene rings is 2. The van der Waals surface area contributed by atoms with Gasteiger partial charge in [0.15, 0.2) is 0 Å². The van der Waals surface area contributed by atoms with E-state index in [0.29, 0.717) is 19.0 Å². The van der Waals surface area contributed by atoms with Crippen LogP contribution in [0, 0.1) is 0 Å². The molecule has 1 fully saturated rings. The molecule has 3 aromatic rings. The number of nitrogens with one attached hydrogen (secondary N) is 2. The third-order valence-electron chi connectivity index (χ3n) is 6.95. The second-order valence-electron chi connectivity index (χ2n) is 9.78. The van der Waals surface area contributed by atoms with Crippen LogP contribution in [0.3, 0.4) is 0 Å². The van der Waals surface area contributed by atoms with Gasteiger partial charge in [0.05, 0.1) is 18.8 Å². The summed E-state index contributed by atoms with van der Waals surface area (Å²) in [5, 5.41) is 6.55. The fourth-order valence-corrected chi connectivity index (χ4v) is 5.72. The van der Waals surface area contributed by atoms with E-state index in [4.69, 9.17) is 9.72 Å². The van der Waals surface area contributed by atoms with Crippen molar-refractivity contribution in [3.05, 3.63) is 64.3 Å². The predicted octanol–water partition coefficient (Wildman–Crippen LogP) is 4.57. The summed E-state index contributed by atoms with van der Waals surface area (Å²) >= 11 is 3.65. The monoisotopic (exact) mass is 564 g/mol. The van der Waals surface area contributed by atoms with Crippen LogP contribution in [0.15, 0.2) is 53.1 Å². The molecule has 1 saturated heterocycles. The second-order valence-corrected chi connectivity index (χ2v) is 10.7. The minimum atomic E-state index is -0.0919. The average Bonchev–Trinajstić information content (AvgIpc) is 3.34. The third-order valence-corrected chi connectivity index (χ3v) is 7.41. The lowest BCUT2D eigenvalue weighted by molar-refractivity contribution is -0.125. The highest BCUT2D eigenvalue weighted by Crippen LogP contribution is 2.29. The molecule has 9 heteroatoms. The number of anilines is 2. The first-order chi connectivity index (χ1) is 18.0. The summed E-state index contributed by atoms with van der Waals surface area (Å²) in [5.74, 6) is 1.51. The number of aromatic nitrogens is 2. The number of carbonyl (C=O) groups excluding carboxylic acids is 1. The molecule has 194 valence electrons. The maximum absolute atomic E-state index is 13.0. The van der Waals surface area contributed by atoms with Gasteiger partial charge in [-0.3, -0.25) is 9.69 Å². The van der Waals surface area contributed by atoms with Crippen molar-refractivity contribution in [2.45, 2.75) is 38.4 Å². The number of carbonyl (C=O) groups is 1. The van der Waals surface area contributed by atoms with Gasteiger partial charge in [-0.25, -0.2) is 9.97 Å². The van der Waals surface area contributed by atoms with E-state index in [1.54, 1.807) is 13.3 Å². The fourth-order valence-electron chi connectivity index (χ4n) is 5.18. The van der Waals surface area contributed by atoms with Crippen LogP contribution in [-0.4, -0.2) is 65.5 Å². The van der Waals surface area contributed by atoms with Crippen molar-refractivity contribution < 1.29 is 9.53 Å². The molecular weight excluding hydrogens is 532 g/mol. The number of fused-ring (bicyclic) bond motifs is 8. The van der Waals surface area contributed by atoms with Crippen molar-refractivity contribution in [2.24, 2.45) is 0 Å². The summed E-state index contributed by atoms with van der Waals surface area (Å²) in [6.07, 6.45) is 4.58. The van der Waals surface area contributed by atoms with Crippen molar-refractivity contribution in [1.82, 2.24) is 25.1 Å². The second kappa shape index (κ2) is 11.6. The Balaban J connectivity index is 1.49. The number of rotatable bonds is 1. The molecule has 0 unspecified atom stereocenters. The zero-order valence-electron chi connectivity index (χ0n) is 21.3. The van der Waals surface area contributed by atoms with Crippen molar-refractivity contribution in [1.29, 1.82) is 0 Å². The van der Waals surface area contributed by atoms with Crippen LogP contribution in [-0.2, 0) is 17.9 Å². The van der Waals surface area contributed by atoms with Gasteiger partial charge in [-0.2, -0.15) is 0 Å². The van der Waals surface area contributed by atoms with E-state index in [-0.39, 0.29) is 11.9 Å². The highest BCUT2D eigenvalue weighted by molar-refractivity contribution is 9.10. The minimum absolute atomic E-state index is 0.0919. The fraction of sp³-hybridized carbons (Fsp3) is 0.393. The van der Waals surface area contributed by atoms with Gasteiger partial charge in [-0.05, 0) is 87.4 Å². The Kier molecular flexibility index (Phi) is 8.02. The Bertz CT molecular complexity index is 1270. The summed E-state index contributed by atoms with van der Waals surface area (Å²) < 4.78 is 6.61. The number of halogens is 1. The van der Waals surface area contributed by atoms with Crippen LogP contribution < -0.4 is 15.4 Å². The van der Waals surface area contributed by atoms with Crippen LogP contribution in [0.5, 0.6) is 5.75 Å². The largest absolute Gasteiger partial charge is 0.496 e. The van der Waals surface area contributed by atoms with E-state index < -0.39 is 0 Å². The first kappa shape index (κ1) is 25.6. The van der Waals surface area contributed by atoms with E-state index >= 15 is 0 Å². The van der Waals surface area contributed by atoms with Gasteiger partial charge in [0, 0.05) is 47.1 Å². The molecule has 37 heavy (non-hydrogen) atoms. The lowest BCUT2D eigenvalue weighted by Gasteiger charge is -2.24. The Morgan fingerprint density at radius 3 is 2.84 bits per heavy atom. The smallest absolute Gasteiger partial charge is 0.237 e. The summed E-state index contributed by atoms with van der Waals surface area (Å²) in [4.78, 5) is 26.8. The normalized spacial score (nSPS) is 19.4. The van der Waals surface area contributed by atoms with E-state index in [1.165, 1.54) is 0 Å². The molecule has 2 N–H and O–H groups in total. The SMILES string of the molecule is COc1ccc2cc1CN(C)CCCNC(=O)[C@@H]1CCCN1Cc1cc(Br)cc(c1)Nc1nccc-2n1. The number of nitrogens with zero attached hydrogens (tertiary/aromatic N) is 4. The molecule has 3 heterocycles. The topological polar surface area (TPSA) is 82.6 Å². The zero-order valence-corrected chi connectivity index (χ0v) is 22.9. The highest BCUT2D eigenvalue weighted by atomic mass is 79.9. The number of ether oxygens (including phenoxy) is 1. The molecule has 6 bridgehead atoms. The zero-order chi connectivity index (χ0) is 25.8. The van der Waals surface area contributed by atoms with Gasteiger partial charge in [-0.1, -0.05) is 15.9 Å². The van der Waals surface area contributed by atoms with Gasteiger partial charge in [0.2, 0.25) is 11.9 Å². The van der Waals surface area contributed by atoms with E-state index in [0.717, 1.165) is 77.2 Å². The molecule has 8 nitrogen and oxygen atoms in total. The van der Waals surface area contributed by atoms with Crippen LogP contribution in [0.25, 0.3) is 11.3 Å². The molecule has 0 aliphatic carbocycles. The molecule has 5 rings (SSSR count). The number of hydrogen-bond donors (Lipinski definition) is 2. The Hall–Kier alpha value is -3.01. The minimum Gasteiger partial charge on any atom is -0.496 e. The lowest BCUT2D eigenvalue weighted by Crippen LogP contribution is -2.43. The summed E-state index contributed by atoms with van der Waals surface area (Å²) in [6, 6.07) is 14.2. The summed E-state index contributed by atoms with van der Waals surface area (Å²) in [7, 11) is 3.79. The van der Waals surface area contributed by atoms with Crippen LogP contribution >= 0.6 is 15.9 Å². The summed E-state index contributed by atoms with van der Waals surface area (Å²) in [5.41, 5.74) is 4.96. The first-order valence-electron chi connectivity index (χ1n) is 12.8. The molecule has 2 aliphatic heterocycles.